The summed E-state index contributed by atoms with van der Waals surface area (Å²) in [5.74, 6) is 1.52. The molecule has 0 aliphatic carbocycles. The molecule has 2 aliphatic heterocycles. The maximum absolute atomic E-state index is 13.6. The van der Waals surface area contributed by atoms with Gasteiger partial charge in [0, 0.05) is 75.6 Å². The maximum Gasteiger partial charge on any atom is 0.261 e. The molecule has 2 aliphatic rings. The van der Waals surface area contributed by atoms with Crippen molar-refractivity contribution in [1.29, 1.82) is 0 Å². The summed E-state index contributed by atoms with van der Waals surface area (Å²) in [6, 6.07) is 8.43. The largest absolute Gasteiger partial charge is 0.494 e. The molecule has 250 valence electrons. The third-order valence-electron chi connectivity index (χ3n) is 9.10. The molecule has 4 aromatic rings. The normalized spacial score (nSPS) is 16.4. The molecule has 0 radical (unpaired) electrons. The molecule has 2 saturated heterocycles. The Kier molecular flexibility index (Phi) is 9.89. The predicted molar refractivity (Wildman–Crippen MR) is 194 cm³/mol. The first-order valence-electron chi connectivity index (χ1n) is 16.1. The highest BCUT2D eigenvalue weighted by molar-refractivity contribution is 9.10. The lowest BCUT2D eigenvalue weighted by Gasteiger charge is -2.41. The van der Waals surface area contributed by atoms with E-state index in [-0.39, 0.29) is 5.56 Å². The number of nitrogens with zero attached hydrogens (tertiary/aromatic N) is 6. The summed E-state index contributed by atoms with van der Waals surface area (Å²) < 4.78 is 21.4. The highest BCUT2D eigenvalue weighted by Gasteiger charge is 2.28. The number of hydrogen-bond donors (Lipinski definition) is 3. The van der Waals surface area contributed by atoms with Crippen LogP contribution in [0.1, 0.15) is 25.3 Å². The Labute approximate surface area is 283 Å². The van der Waals surface area contributed by atoms with Crippen molar-refractivity contribution in [3.8, 4) is 5.75 Å². The summed E-state index contributed by atoms with van der Waals surface area (Å²) in [6.45, 7) is 11.9. The van der Waals surface area contributed by atoms with E-state index in [0.29, 0.717) is 49.9 Å². The van der Waals surface area contributed by atoms with Crippen LogP contribution in [0.15, 0.2) is 46.1 Å². The third-order valence-corrected chi connectivity index (χ3v) is 11.2. The molecule has 2 aromatic heterocycles. The molecule has 4 heterocycles. The number of benzene rings is 2. The van der Waals surface area contributed by atoms with E-state index in [1.54, 1.807) is 45.8 Å². The number of fused-ring (bicyclic) bond motifs is 1. The number of ether oxygens (including phenoxy) is 1. The SMILES string of the molecule is CCc1cc(Nc2ncc(Br)c(Nc3ccc4ncn(C)c(=O)c4c3P(C)(C)=O)n2)c(OC)cc1N1CCC(N2CCNCC2)CC1. The summed E-state index contributed by atoms with van der Waals surface area (Å²) in [5, 5.41) is 10.9. The van der Waals surface area contributed by atoms with Gasteiger partial charge in [-0.1, -0.05) is 6.92 Å². The molecule has 12 nitrogen and oxygen atoms in total. The molecule has 0 atom stereocenters. The van der Waals surface area contributed by atoms with E-state index >= 15 is 0 Å². The standard InChI is InChI=1S/C33H43BrN9O3P/c1-6-21-17-26(28(46-3)18-27(21)43-13-9-22(10-14-43)42-15-11-35-12-16-42)39-33-36-19-23(34)31(40-33)38-25-8-7-24-29(30(25)47(4,5)45)32(44)41(2)20-37-24/h7-8,17-20,22,35H,6,9-16H2,1-5H3,(H2,36,38,39,40). The van der Waals surface area contributed by atoms with Gasteiger partial charge in [0.1, 0.15) is 18.7 Å². The number of piperidine rings is 1. The molecule has 0 amide bonds. The van der Waals surface area contributed by atoms with Crippen LogP contribution in [0.3, 0.4) is 0 Å². The number of methoxy groups -OCH3 is 1. The zero-order valence-electron chi connectivity index (χ0n) is 27.6. The first kappa shape index (κ1) is 33.4. The Bertz CT molecular complexity index is 1880. The van der Waals surface area contributed by atoms with Crippen molar-refractivity contribution >= 4 is 68.1 Å². The van der Waals surface area contributed by atoms with Crippen LogP contribution in [0, 0.1) is 0 Å². The summed E-state index contributed by atoms with van der Waals surface area (Å²) in [4.78, 5) is 31.9. The third kappa shape index (κ3) is 7.04. The molecule has 2 fully saturated rings. The number of aryl methyl sites for hydroxylation is 2. The van der Waals surface area contributed by atoms with Crippen LogP contribution in [0.2, 0.25) is 0 Å². The second-order valence-electron chi connectivity index (χ2n) is 12.5. The molecule has 14 heteroatoms. The minimum absolute atomic E-state index is 0.257. The fraction of sp³-hybridized carbons (Fsp3) is 0.455. The Hall–Kier alpha value is -3.51. The zero-order chi connectivity index (χ0) is 33.3. The van der Waals surface area contributed by atoms with E-state index in [2.05, 4.69) is 70.7 Å². The molecular weight excluding hydrogens is 681 g/mol. The van der Waals surface area contributed by atoms with Gasteiger partial charge in [0.15, 0.2) is 0 Å². The summed E-state index contributed by atoms with van der Waals surface area (Å²) in [7, 11) is 0.381. The van der Waals surface area contributed by atoms with Crippen LogP contribution < -0.4 is 36.5 Å². The van der Waals surface area contributed by atoms with E-state index in [1.165, 1.54) is 22.1 Å². The van der Waals surface area contributed by atoms with Crippen molar-refractivity contribution in [3.05, 3.63) is 57.2 Å². The Morgan fingerprint density at radius 1 is 1.06 bits per heavy atom. The first-order chi connectivity index (χ1) is 22.6. The number of aromatic nitrogens is 4. The molecule has 3 N–H and O–H groups in total. The summed E-state index contributed by atoms with van der Waals surface area (Å²) >= 11 is 3.56. The molecule has 0 bridgehead atoms. The number of piperazine rings is 1. The molecule has 0 saturated carbocycles. The second kappa shape index (κ2) is 13.9. The van der Waals surface area contributed by atoms with Crippen LogP contribution in [0.25, 0.3) is 10.9 Å². The first-order valence-corrected chi connectivity index (χ1v) is 19.5. The van der Waals surface area contributed by atoms with E-state index in [0.717, 1.165) is 64.2 Å². The van der Waals surface area contributed by atoms with Crippen molar-refractivity contribution in [3.63, 3.8) is 0 Å². The smallest absolute Gasteiger partial charge is 0.261 e. The van der Waals surface area contributed by atoms with E-state index in [1.807, 2.05) is 0 Å². The van der Waals surface area contributed by atoms with Crippen LogP contribution in [0.4, 0.5) is 28.8 Å². The summed E-state index contributed by atoms with van der Waals surface area (Å²) in [5.41, 5.74) is 3.96. The average molecular weight is 725 g/mol. The molecule has 47 heavy (non-hydrogen) atoms. The van der Waals surface area contributed by atoms with Crippen molar-refractivity contribution in [2.75, 3.05) is 75.2 Å². The van der Waals surface area contributed by atoms with Crippen molar-refractivity contribution in [1.82, 2.24) is 29.7 Å². The van der Waals surface area contributed by atoms with Crippen molar-refractivity contribution in [2.45, 2.75) is 32.2 Å². The predicted octanol–water partition coefficient (Wildman–Crippen LogP) is 4.67. The number of rotatable bonds is 9. The Balaban J connectivity index is 1.27. The number of halogens is 1. The molecule has 0 spiro atoms. The Morgan fingerprint density at radius 3 is 2.49 bits per heavy atom. The monoisotopic (exact) mass is 723 g/mol. The molecule has 0 unspecified atom stereocenters. The topological polar surface area (TPSA) is 130 Å². The van der Waals surface area contributed by atoms with E-state index < -0.39 is 7.14 Å². The lowest BCUT2D eigenvalue weighted by atomic mass is 9.99. The van der Waals surface area contributed by atoms with Gasteiger partial charge in [0.2, 0.25) is 5.95 Å². The quantitative estimate of drug-likeness (QED) is 0.209. The van der Waals surface area contributed by atoms with Crippen LogP contribution in [-0.2, 0) is 18.0 Å². The zero-order valence-corrected chi connectivity index (χ0v) is 30.1. The van der Waals surface area contributed by atoms with Gasteiger partial charge in [-0.05, 0) is 72.3 Å². The number of nitrogens with one attached hydrogen (secondary N) is 3. The lowest BCUT2D eigenvalue weighted by Crippen LogP contribution is -2.52. The van der Waals surface area contributed by atoms with Gasteiger partial charge >= 0.3 is 0 Å². The number of hydrogen-bond acceptors (Lipinski definition) is 11. The minimum atomic E-state index is -2.93. The van der Waals surface area contributed by atoms with Gasteiger partial charge in [0.05, 0.1) is 40.2 Å². The Morgan fingerprint density at radius 2 is 1.81 bits per heavy atom. The lowest BCUT2D eigenvalue weighted by molar-refractivity contribution is 0.150. The highest BCUT2D eigenvalue weighted by atomic mass is 79.9. The molecule has 2 aromatic carbocycles. The van der Waals surface area contributed by atoms with Gasteiger partial charge < -0.3 is 34.7 Å². The second-order valence-corrected chi connectivity index (χ2v) is 16.5. The van der Waals surface area contributed by atoms with Crippen LogP contribution in [0.5, 0.6) is 5.75 Å². The van der Waals surface area contributed by atoms with Crippen LogP contribution in [-0.4, -0.2) is 90.2 Å². The number of anilines is 5. The average Bonchev–Trinajstić information content (AvgIpc) is 3.07. The van der Waals surface area contributed by atoms with Gasteiger partial charge in [-0.2, -0.15) is 4.98 Å². The van der Waals surface area contributed by atoms with Crippen molar-refractivity contribution < 1.29 is 9.30 Å². The van der Waals surface area contributed by atoms with Crippen molar-refractivity contribution in [2.24, 2.45) is 7.05 Å². The molecule has 6 rings (SSSR count). The fourth-order valence-electron chi connectivity index (χ4n) is 6.68. The minimum Gasteiger partial charge on any atom is -0.494 e. The fourth-order valence-corrected chi connectivity index (χ4v) is 8.43. The highest BCUT2D eigenvalue weighted by Crippen LogP contribution is 2.41. The van der Waals surface area contributed by atoms with Crippen LogP contribution >= 0.6 is 23.1 Å². The van der Waals surface area contributed by atoms with Gasteiger partial charge in [-0.15, -0.1) is 0 Å². The molecular formula is C33H43BrN9O3P. The maximum atomic E-state index is 13.6. The van der Waals surface area contributed by atoms with Gasteiger partial charge in [-0.25, -0.2) is 9.97 Å². The summed E-state index contributed by atoms with van der Waals surface area (Å²) in [6.07, 6.45) is 6.30. The van der Waals surface area contributed by atoms with E-state index in [9.17, 15) is 9.36 Å². The van der Waals surface area contributed by atoms with Gasteiger partial charge in [0.25, 0.3) is 5.56 Å². The van der Waals surface area contributed by atoms with E-state index in [4.69, 9.17) is 9.72 Å². The van der Waals surface area contributed by atoms with Gasteiger partial charge in [-0.3, -0.25) is 9.69 Å².